The van der Waals surface area contributed by atoms with Crippen molar-refractivity contribution in [2.75, 3.05) is 13.2 Å². The van der Waals surface area contributed by atoms with Crippen molar-refractivity contribution >= 4 is 12.0 Å². The van der Waals surface area contributed by atoms with Gasteiger partial charge in [0, 0.05) is 19.2 Å². The van der Waals surface area contributed by atoms with Crippen molar-refractivity contribution in [3.05, 3.63) is 41.7 Å². The number of halogens is 1. The molecule has 0 aromatic heterocycles. The summed E-state index contributed by atoms with van der Waals surface area (Å²) in [7, 11) is 0. The molecule has 0 radical (unpaired) electrons. The molecule has 2 N–H and O–H groups in total. The topological polar surface area (TPSA) is 49.3 Å². The Hall–Kier alpha value is -1.68. The highest BCUT2D eigenvalue weighted by Gasteiger charge is 2.24. The molecule has 0 saturated heterocycles. The number of carbonyl (C=O) groups excluding carboxylic acids is 1. The van der Waals surface area contributed by atoms with Crippen LogP contribution in [0.2, 0.25) is 0 Å². The van der Waals surface area contributed by atoms with Gasteiger partial charge in [-0.05, 0) is 48.4 Å². The Morgan fingerprint density at radius 2 is 2.10 bits per heavy atom. The molecule has 3 nitrogen and oxygen atoms in total. The standard InChI is InChI=1S/C17H22FNO2/c18-16-7-3-4-13(10-16)8-9-17(21)19-11-14-5-1-2-6-15(14)12-20/h3-4,7-10,14-15,20H,1-2,5-6,11-12H2,(H,19,21). The highest BCUT2D eigenvalue weighted by molar-refractivity contribution is 5.91. The zero-order valence-electron chi connectivity index (χ0n) is 12.1. The quantitative estimate of drug-likeness (QED) is 0.820. The van der Waals surface area contributed by atoms with Gasteiger partial charge in [-0.15, -0.1) is 0 Å². The molecule has 1 aliphatic carbocycles. The van der Waals surface area contributed by atoms with Gasteiger partial charge in [0.15, 0.2) is 0 Å². The molecule has 0 heterocycles. The summed E-state index contributed by atoms with van der Waals surface area (Å²) in [5.41, 5.74) is 0.663. The zero-order valence-corrected chi connectivity index (χ0v) is 12.1. The molecule has 21 heavy (non-hydrogen) atoms. The summed E-state index contributed by atoms with van der Waals surface area (Å²) in [6.45, 7) is 0.789. The lowest BCUT2D eigenvalue weighted by atomic mass is 9.79. The maximum atomic E-state index is 13.0. The molecule has 114 valence electrons. The number of rotatable bonds is 5. The van der Waals surface area contributed by atoms with Crippen LogP contribution in [0.1, 0.15) is 31.2 Å². The van der Waals surface area contributed by atoms with Crippen molar-refractivity contribution in [3.63, 3.8) is 0 Å². The van der Waals surface area contributed by atoms with E-state index in [2.05, 4.69) is 5.32 Å². The first kappa shape index (κ1) is 15.7. The smallest absolute Gasteiger partial charge is 0.244 e. The second-order valence-electron chi connectivity index (χ2n) is 5.62. The Morgan fingerprint density at radius 1 is 1.33 bits per heavy atom. The summed E-state index contributed by atoms with van der Waals surface area (Å²) >= 11 is 0. The van der Waals surface area contributed by atoms with Gasteiger partial charge in [-0.3, -0.25) is 4.79 Å². The van der Waals surface area contributed by atoms with Crippen LogP contribution in [-0.4, -0.2) is 24.2 Å². The Kier molecular flexibility index (Phi) is 5.93. The molecule has 0 spiro atoms. The molecule has 0 aliphatic heterocycles. The molecule has 1 amide bonds. The molecule has 1 aromatic carbocycles. The second kappa shape index (κ2) is 7.93. The van der Waals surface area contributed by atoms with Gasteiger partial charge in [-0.25, -0.2) is 4.39 Å². The number of hydrogen-bond donors (Lipinski definition) is 2. The van der Waals surface area contributed by atoms with Crippen LogP contribution in [0.4, 0.5) is 4.39 Å². The van der Waals surface area contributed by atoms with Crippen LogP contribution in [-0.2, 0) is 4.79 Å². The number of carbonyl (C=O) groups is 1. The summed E-state index contributed by atoms with van der Waals surface area (Å²) in [6, 6.07) is 6.11. The highest BCUT2D eigenvalue weighted by Crippen LogP contribution is 2.28. The molecule has 2 rings (SSSR count). The highest BCUT2D eigenvalue weighted by atomic mass is 19.1. The van der Waals surface area contributed by atoms with E-state index in [4.69, 9.17) is 0 Å². The van der Waals surface area contributed by atoms with Crippen molar-refractivity contribution < 1.29 is 14.3 Å². The van der Waals surface area contributed by atoms with E-state index in [0.29, 0.717) is 23.9 Å². The maximum absolute atomic E-state index is 13.0. The fourth-order valence-electron chi connectivity index (χ4n) is 2.87. The van der Waals surface area contributed by atoms with Crippen LogP contribution in [0.15, 0.2) is 30.3 Å². The first-order valence-electron chi connectivity index (χ1n) is 7.51. The van der Waals surface area contributed by atoms with Gasteiger partial charge in [0.1, 0.15) is 5.82 Å². The molecule has 2 unspecified atom stereocenters. The number of nitrogens with one attached hydrogen (secondary N) is 1. The fourth-order valence-corrected chi connectivity index (χ4v) is 2.87. The molecular weight excluding hydrogens is 269 g/mol. The second-order valence-corrected chi connectivity index (χ2v) is 5.62. The number of hydrogen-bond acceptors (Lipinski definition) is 2. The van der Waals surface area contributed by atoms with Crippen molar-refractivity contribution in [3.8, 4) is 0 Å². The predicted molar refractivity (Wildman–Crippen MR) is 81.0 cm³/mol. The summed E-state index contributed by atoms with van der Waals surface area (Å²) < 4.78 is 13.0. The summed E-state index contributed by atoms with van der Waals surface area (Å²) in [4.78, 5) is 11.8. The number of aliphatic hydroxyl groups excluding tert-OH is 1. The van der Waals surface area contributed by atoms with Gasteiger partial charge in [-0.2, -0.15) is 0 Å². The van der Waals surface area contributed by atoms with Crippen molar-refractivity contribution in [1.29, 1.82) is 0 Å². The number of benzene rings is 1. The van der Waals surface area contributed by atoms with E-state index < -0.39 is 0 Å². The van der Waals surface area contributed by atoms with Gasteiger partial charge >= 0.3 is 0 Å². The largest absolute Gasteiger partial charge is 0.396 e. The van der Waals surface area contributed by atoms with Crippen LogP contribution in [0.5, 0.6) is 0 Å². The number of amides is 1. The minimum Gasteiger partial charge on any atom is -0.396 e. The van der Waals surface area contributed by atoms with Crippen LogP contribution in [0, 0.1) is 17.7 Å². The molecule has 1 saturated carbocycles. The predicted octanol–water partition coefficient (Wildman–Crippen LogP) is 2.75. The molecule has 2 atom stereocenters. The Balaban J connectivity index is 1.81. The van der Waals surface area contributed by atoms with Crippen LogP contribution >= 0.6 is 0 Å². The van der Waals surface area contributed by atoms with Crippen LogP contribution in [0.3, 0.4) is 0 Å². The maximum Gasteiger partial charge on any atom is 0.244 e. The van der Waals surface area contributed by atoms with Crippen LogP contribution in [0.25, 0.3) is 6.08 Å². The van der Waals surface area contributed by atoms with Gasteiger partial charge < -0.3 is 10.4 Å². The molecule has 1 aromatic rings. The van der Waals surface area contributed by atoms with E-state index in [1.807, 2.05) is 0 Å². The molecule has 1 fully saturated rings. The monoisotopic (exact) mass is 291 g/mol. The molecule has 1 aliphatic rings. The van der Waals surface area contributed by atoms with Gasteiger partial charge in [0.25, 0.3) is 0 Å². The van der Waals surface area contributed by atoms with E-state index in [1.165, 1.54) is 18.2 Å². The lowest BCUT2D eigenvalue weighted by molar-refractivity contribution is -0.116. The number of aliphatic hydroxyl groups is 1. The summed E-state index contributed by atoms with van der Waals surface area (Å²) in [6.07, 6.45) is 7.44. The Morgan fingerprint density at radius 3 is 2.81 bits per heavy atom. The molecule has 0 bridgehead atoms. The van der Waals surface area contributed by atoms with E-state index in [1.54, 1.807) is 18.2 Å². The Labute approximate surface area is 124 Å². The SMILES string of the molecule is O=C(C=Cc1cccc(F)c1)NCC1CCCCC1CO. The average Bonchev–Trinajstić information content (AvgIpc) is 2.51. The van der Waals surface area contributed by atoms with Gasteiger partial charge in [-0.1, -0.05) is 25.0 Å². The first-order valence-corrected chi connectivity index (χ1v) is 7.51. The van der Waals surface area contributed by atoms with Crippen molar-refractivity contribution in [2.24, 2.45) is 11.8 Å². The zero-order chi connectivity index (χ0) is 15.1. The minimum absolute atomic E-state index is 0.179. The van der Waals surface area contributed by atoms with E-state index in [9.17, 15) is 14.3 Å². The lowest BCUT2D eigenvalue weighted by Crippen LogP contribution is -2.34. The Bertz CT molecular complexity index is 501. The van der Waals surface area contributed by atoms with Crippen LogP contribution < -0.4 is 5.32 Å². The van der Waals surface area contributed by atoms with Crippen molar-refractivity contribution in [2.45, 2.75) is 25.7 Å². The third-order valence-corrected chi connectivity index (χ3v) is 4.12. The third kappa shape index (κ3) is 4.97. The minimum atomic E-state index is -0.314. The van der Waals surface area contributed by atoms with Gasteiger partial charge in [0.05, 0.1) is 0 Å². The molecule has 4 heteroatoms. The van der Waals surface area contributed by atoms with E-state index in [0.717, 1.165) is 25.7 Å². The normalized spacial score (nSPS) is 22.4. The third-order valence-electron chi connectivity index (χ3n) is 4.12. The fraction of sp³-hybridized carbons (Fsp3) is 0.471. The van der Waals surface area contributed by atoms with Gasteiger partial charge in [0.2, 0.25) is 5.91 Å². The van der Waals surface area contributed by atoms with E-state index >= 15 is 0 Å². The summed E-state index contributed by atoms with van der Waals surface area (Å²) in [5, 5.41) is 12.2. The summed E-state index contributed by atoms with van der Waals surface area (Å²) in [5.74, 6) is 0.161. The molecular formula is C17H22FNO2. The van der Waals surface area contributed by atoms with Crippen molar-refractivity contribution in [1.82, 2.24) is 5.32 Å². The average molecular weight is 291 g/mol. The van der Waals surface area contributed by atoms with E-state index in [-0.39, 0.29) is 18.3 Å². The lowest BCUT2D eigenvalue weighted by Gasteiger charge is -2.30. The first-order chi connectivity index (χ1) is 10.2.